The van der Waals surface area contributed by atoms with Crippen LogP contribution in [0.15, 0.2) is 35.5 Å². The zero-order chi connectivity index (χ0) is 10.4. The van der Waals surface area contributed by atoms with E-state index in [0.717, 1.165) is 23.1 Å². The standard InChI is InChI=1S/C12H18O/c1-6-9(4)11(7-2)12(8-3)10(5)13/h7-8H,4,6H2,1-3,5H3. The number of rotatable bonds is 4. The summed E-state index contributed by atoms with van der Waals surface area (Å²) >= 11 is 0. The van der Waals surface area contributed by atoms with Crippen LogP contribution in [0.2, 0.25) is 0 Å². The number of carbonyl (C=O) groups excluding carboxylic acids is 1. The minimum Gasteiger partial charge on any atom is -0.295 e. The summed E-state index contributed by atoms with van der Waals surface area (Å²) in [5, 5.41) is 0. The molecule has 0 unspecified atom stereocenters. The second kappa shape index (κ2) is 5.52. The Hall–Kier alpha value is -1.11. The minimum absolute atomic E-state index is 0.102. The second-order valence-electron chi connectivity index (χ2n) is 2.92. The second-order valence-corrected chi connectivity index (χ2v) is 2.92. The Morgan fingerprint density at radius 1 is 1.23 bits per heavy atom. The van der Waals surface area contributed by atoms with Crippen LogP contribution in [0.1, 0.15) is 34.1 Å². The van der Waals surface area contributed by atoms with Crippen molar-refractivity contribution in [1.29, 1.82) is 0 Å². The van der Waals surface area contributed by atoms with Gasteiger partial charge >= 0.3 is 0 Å². The van der Waals surface area contributed by atoms with E-state index in [-0.39, 0.29) is 5.78 Å². The molecule has 0 aliphatic carbocycles. The molecule has 13 heavy (non-hydrogen) atoms. The van der Waals surface area contributed by atoms with E-state index in [1.54, 1.807) is 6.92 Å². The molecule has 0 aromatic carbocycles. The Kier molecular flexibility index (Phi) is 5.05. The van der Waals surface area contributed by atoms with Crippen molar-refractivity contribution in [3.8, 4) is 0 Å². The van der Waals surface area contributed by atoms with Gasteiger partial charge in [-0.15, -0.1) is 0 Å². The lowest BCUT2D eigenvalue weighted by molar-refractivity contribution is -0.113. The smallest absolute Gasteiger partial charge is 0.160 e. The molecule has 0 heterocycles. The fourth-order valence-electron chi connectivity index (χ4n) is 1.29. The van der Waals surface area contributed by atoms with Crippen LogP contribution >= 0.6 is 0 Å². The molecule has 72 valence electrons. The van der Waals surface area contributed by atoms with Gasteiger partial charge in [0.05, 0.1) is 0 Å². The van der Waals surface area contributed by atoms with Gasteiger partial charge in [-0.1, -0.05) is 25.7 Å². The van der Waals surface area contributed by atoms with Gasteiger partial charge in [0.15, 0.2) is 5.78 Å². The van der Waals surface area contributed by atoms with Gasteiger partial charge in [-0.3, -0.25) is 4.79 Å². The molecule has 0 atom stereocenters. The lowest BCUT2D eigenvalue weighted by Gasteiger charge is -2.09. The predicted octanol–water partition coefficient (Wildman–Crippen LogP) is 3.43. The van der Waals surface area contributed by atoms with E-state index >= 15 is 0 Å². The van der Waals surface area contributed by atoms with Crippen molar-refractivity contribution < 1.29 is 4.79 Å². The number of ketones is 1. The third-order valence-corrected chi connectivity index (χ3v) is 2.05. The van der Waals surface area contributed by atoms with Crippen LogP contribution in [-0.4, -0.2) is 5.78 Å². The number of allylic oxidation sites excluding steroid dienone is 5. The highest BCUT2D eigenvalue weighted by molar-refractivity contribution is 5.98. The first-order chi connectivity index (χ1) is 6.08. The third kappa shape index (κ3) is 3.02. The van der Waals surface area contributed by atoms with Crippen molar-refractivity contribution in [3.63, 3.8) is 0 Å². The summed E-state index contributed by atoms with van der Waals surface area (Å²) < 4.78 is 0. The first kappa shape index (κ1) is 11.9. The Balaban J connectivity index is 5.00. The SMILES string of the molecule is C=C(CC)C(=CC)C(=CC)C(C)=O. The monoisotopic (exact) mass is 178 g/mol. The summed E-state index contributed by atoms with van der Waals surface area (Å²) in [6.45, 7) is 11.4. The molecule has 0 radical (unpaired) electrons. The summed E-state index contributed by atoms with van der Waals surface area (Å²) in [6, 6.07) is 0. The van der Waals surface area contributed by atoms with Gasteiger partial charge in [-0.05, 0) is 38.3 Å². The maximum Gasteiger partial charge on any atom is 0.160 e. The van der Waals surface area contributed by atoms with Crippen molar-refractivity contribution in [3.05, 3.63) is 35.5 Å². The maximum absolute atomic E-state index is 11.2. The van der Waals surface area contributed by atoms with Gasteiger partial charge in [0.25, 0.3) is 0 Å². The Labute approximate surface area is 80.8 Å². The molecular weight excluding hydrogens is 160 g/mol. The molecule has 0 aromatic heterocycles. The van der Waals surface area contributed by atoms with E-state index in [4.69, 9.17) is 0 Å². The van der Waals surface area contributed by atoms with Crippen molar-refractivity contribution in [1.82, 2.24) is 0 Å². The molecule has 0 saturated carbocycles. The van der Waals surface area contributed by atoms with Gasteiger partial charge in [-0.2, -0.15) is 0 Å². The van der Waals surface area contributed by atoms with Crippen molar-refractivity contribution in [2.75, 3.05) is 0 Å². The van der Waals surface area contributed by atoms with Crippen molar-refractivity contribution >= 4 is 5.78 Å². The molecule has 0 spiro atoms. The van der Waals surface area contributed by atoms with Gasteiger partial charge in [0, 0.05) is 5.57 Å². The van der Waals surface area contributed by atoms with Gasteiger partial charge in [-0.25, -0.2) is 0 Å². The number of hydrogen-bond acceptors (Lipinski definition) is 1. The largest absolute Gasteiger partial charge is 0.295 e. The van der Waals surface area contributed by atoms with Gasteiger partial charge in [0.1, 0.15) is 0 Å². The topological polar surface area (TPSA) is 17.1 Å². The molecule has 1 heteroatoms. The third-order valence-electron chi connectivity index (χ3n) is 2.05. The van der Waals surface area contributed by atoms with E-state index in [9.17, 15) is 4.79 Å². The highest BCUT2D eigenvalue weighted by Crippen LogP contribution is 2.21. The van der Waals surface area contributed by atoms with E-state index in [1.807, 2.05) is 32.9 Å². The number of carbonyl (C=O) groups is 1. The Bertz CT molecular complexity index is 267. The lowest BCUT2D eigenvalue weighted by atomic mass is 9.94. The summed E-state index contributed by atoms with van der Waals surface area (Å²) in [6.07, 6.45) is 4.67. The quantitative estimate of drug-likeness (QED) is 0.476. The predicted molar refractivity (Wildman–Crippen MR) is 57.6 cm³/mol. The molecule has 0 saturated heterocycles. The molecule has 0 N–H and O–H groups in total. The number of hydrogen-bond donors (Lipinski definition) is 0. The molecule has 0 fully saturated rings. The van der Waals surface area contributed by atoms with Crippen LogP contribution in [0.5, 0.6) is 0 Å². The molecule has 0 rings (SSSR count). The van der Waals surface area contributed by atoms with E-state index in [0.29, 0.717) is 0 Å². The minimum atomic E-state index is 0.102. The molecule has 0 aliphatic rings. The summed E-state index contributed by atoms with van der Waals surface area (Å²) in [7, 11) is 0. The summed E-state index contributed by atoms with van der Waals surface area (Å²) in [5.74, 6) is 0.102. The van der Waals surface area contributed by atoms with E-state index < -0.39 is 0 Å². The fraction of sp³-hybridized carbons (Fsp3) is 0.417. The van der Waals surface area contributed by atoms with Crippen LogP contribution in [0, 0.1) is 0 Å². The lowest BCUT2D eigenvalue weighted by Crippen LogP contribution is -2.01. The molecule has 0 bridgehead atoms. The van der Waals surface area contributed by atoms with Crippen molar-refractivity contribution in [2.45, 2.75) is 34.1 Å². The zero-order valence-corrected chi connectivity index (χ0v) is 8.98. The van der Waals surface area contributed by atoms with Gasteiger partial charge in [0.2, 0.25) is 0 Å². The molecule has 0 aromatic rings. The van der Waals surface area contributed by atoms with E-state index in [1.165, 1.54) is 0 Å². The van der Waals surface area contributed by atoms with Crippen LogP contribution in [0.25, 0.3) is 0 Å². The average molecular weight is 178 g/mol. The summed E-state index contributed by atoms with van der Waals surface area (Å²) in [4.78, 5) is 11.2. The fourth-order valence-corrected chi connectivity index (χ4v) is 1.29. The normalized spacial score (nSPS) is 12.9. The maximum atomic E-state index is 11.2. The van der Waals surface area contributed by atoms with Crippen LogP contribution < -0.4 is 0 Å². The molecule has 0 amide bonds. The molecule has 0 aliphatic heterocycles. The van der Waals surface area contributed by atoms with Crippen molar-refractivity contribution in [2.24, 2.45) is 0 Å². The van der Waals surface area contributed by atoms with Crippen LogP contribution in [-0.2, 0) is 4.79 Å². The number of Topliss-reactive ketones (excluding diaryl/α,β-unsaturated/α-hetero) is 1. The van der Waals surface area contributed by atoms with Crippen LogP contribution in [0.4, 0.5) is 0 Å². The first-order valence-electron chi connectivity index (χ1n) is 4.60. The highest BCUT2D eigenvalue weighted by Gasteiger charge is 2.09. The molecular formula is C12H18O. The summed E-state index contributed by atoms with van der Waals surface area (Å²) in [5.41, 5.74) is 2.78. The first-order valence-corrected chi connectivity index (χ1v) is 4.60. The highest BCUT2D eigenvalue weighted by atomic mass is 16.1. The van der Waals surface area contributed by atoms with Gasteiger partial charge < -0.3 is 0 Å². The van der Waals surface area contributed by atoms with Crippen LogP contribution in [0.3, 0.4) is 0 Å². The Morgan fingerprint density at radius 3 is 1.92 bits per heavy atom. The van der Waals surface area contributed by atoms with E-state index in [2.05, 4.69) is 6.58 Å². The Morgan fingerprint density at radius 2 is 1.69 bits per heavy atom. The average Bonchev–Trinajstić information content (AvgIpc) is 2.12. The molecule has 1 nitrogen and oxygen atoms in total. The zero-order valence-electron chi connectivity index (χ0n) is 8.98.